The first-order chi connectivity index (χ1) is 11.6. The lowest BCUT2D eigenvalue weighted by Gasteiger charge is -2.22. The number of aromatic nitrogens is 2. The summed E-state index contributed by atoms with van der Waals surface area (Å²) in [5.41, 5.74) is 1.74. The van der Waals surface area contributed by atoms with E-state index in [0.29, 0.717) is 12.5 Å². The molecule has 0 unspecified atom stereocenters. The van der Waals surface area contributed by atoms with E-state index in [1.54, 1.807) is 12.1 Å². The number of aliphatic carboxylic acids is 1. The number of benzene rings is 1. The van der Waals surface area contributed by atoms with E-state index < -0.39 is 12.6 Å². The Morgan fingerprint density at radius 1 is 1.33 bits per heavy atom. The minimum atomic E-state index is -1.04. The molecule has 0 fully saturated rings. The third-order valence-corrected chi connectivity index (χ3v) is 3.21. The van der Waals surface area contributed by atoms with E-state index in [1.165, 1.54) is 0 Å². The number of carbonyl (C=O) groups is 1. The fraction of sp³-hybridized carbons (Fsp3) is 0.278. The fourth-order valence-corrected chi connectivity index (χ4v) is 2.21. The smallest absolute Gasteiger partial charge is 0.341 e. The summed E-state index contributed by atoms with van der Waals surface area (Å²) in [7, 11) is 0. The fourth-order valence-electron chi connectivity index (χ4n) is 2.21. The van der Waals surface area contributed by atoms with Crippen molar-refractivity contribution in [2.45, 2.75) is 19.8 Å². The van der Waals surface area contributed by atoms with Gasteiger partial charge in [0.15, 0.2) is 6.61 Å². The summed E-state index contributed by atoms with van der Waals surface area (Å²) < 4.78 is 5.26. The van der Waals surface area contributed by atoms with Crippen LogP contribution >= 0.6 is 0 Å². The Morgan fingerprint density at radius 3 is 2.71 bits per heavy atom. The average molecular weight is 327 g/mol. The first kappa shape index (κ1) is 17.5. The maximum atomic E-state index is 10.7. The number of nitrogens with zero attached hydrogens (tertiary/aromatic N) is 3. The Morgan fingerprint density at radius 2 is 2.08 bits per heavy atom. The number of rotatable bonds is 9. The minimum Gasteiger partial charge on any atom is -0.479 e. The zero-order chi connectivity index (χ0) is 17.4. The number of carboxylic acids is 1. The first-order valence-corrected chi connectivity index (χ1v) is 7.80. The van der Waals surface area contributed by atoms with Gasteiger partial charge in [0.25, 0.3) is 0 Å². The molecular weight excluding hydrogens is 306 g/mol. The summed E-state index contributed by atoms with van der Waals surface area (Å²) in [5.74, 6) is -0.318. The van der Waals surface area contributed by atoms with Crippen LogP contribution < -0.4 is 9.64 Å². The van der Waals surface area contributed by atoms with Gasteiger partial charge >= 0.3 is 5.97 Å². The Bertz CT molecular complexity index is 689. The van der Waals surface area contributed by atoms with Crippen LogP contribution in [0.5, 0.6) is 5.88 Å². The molecule has 0 aliphatic heterocycles. The van der Waals surface area contributed by atoms with Crippen molar-refractivity contribution in [2.75, 3.05) is 18.1 Å². The molecule has 0 aliphatic rings. The Labute approximate surface area is 141 Å². The van der Waals surface area contributed by atoms with Crippen LogP contribution in [0.1, 0.15) is 19.0 Å². The summed E-state index contributed by atoms with van der Waals surface area (Å²) in [6.07, 6.45) is 3.44. The van der Waals surface area contributed by atoms with Crippen molar-refractivity contribution >= 4 is 17.6 Å². The average Bonchev–Trinajstić information content (AvgIpc) is 2.59. The molecule has 126 valence electrons. The van der Waals surface area contributed by atoms with E-state index in [2.05, 4.69) is 23.5 Å². The number of hydrogen-bond donors (Lipinski definition) is 1. The maximum absolute atomic E-state index is 10.7. The second-order valence-corrected chi connectivity index (χ2v) is 5.16. The van der Waals surface area contributed by atoms with Crippen molar-refractivity contribution in [1.82, 2.24) is 9.97 Å². The minimum absolute atomic E-state index is 0.260. The Kier molecular flexibility index (Phi) is 6.31. The number of hydrogen-bond acceptors (Lipinski definition) is 5. The van der Waals surface area contributed by atoms with E-state index in [1.807, 2.05) is 35.2 Å². The van der Waals surface area contributed by atoms with Gasteiger partial charge in [0.05, 0.1) is 0 Å². The second kappa shape index (κ2) is 8.67. The largest absolute Gasteiger partial charge is 0.479 e. The van der Waals surface area contributed by atoms with Crippen molar-refractivity contribution in [3.05, 3.63) is 54.7 Å². The Hall–Kier alpha value is -2.89. The van der Waals surface area contributed by atoms with Gasteiger partial charge in [-0.25, -0.2) is 9.78 Å². The maximum Gasteiger partial charge on any atom is 0.341 e. The van der Waals surface area contributed by atoms with Gasteiger partial charge in [-0.15, -0.1) is 6.58 Å². The van der Waals surface area contributed by atoms with Gasteiger partial charge in [0.2, 0.25) is 11.8 Å². The molecule has 0 atom stereocenters. The summed E-state index contributed by atoms with van der Waals surface area (Å²) >= 11 is 0. The summed E-state index contributed by atoms with van der Waals surface area (Å²) in [6.45, 7) is 5.93. The highest BCUT2D eigenvalue weighted by Crippen LogP contribution is 2.24. The van der Waals surface area contributed by atoms with Crippen LogP contribution in [-0.2, 0) is 11.2 Å². The van der Waals surface area contributed by atoms with Gasteiger partial charge in [-0.1, -0.05) is 37.6 Å². The van der Waals surface area contributed by atoms with Crippen molar-refractivity contribution in [1.29, 1.82) is 0 Å². The number of para-hydroxylation sites is 1. The van der Waals surface area contributed by atoms with Crippen LogP contribution in [0.25, 0.3) is 0 Å². The molecule has 0 bridgehead atoms. The molecule has 2 aromatic rings. The first-order valence-electron chi connectivity index (χ1n) is 7.80. The normalized spacial score (nSPS) is 10.2. The highest BCUT2D eigenvalue weighted by Gasteiger charge is 2.14. The quantitative estimate of drug-likeness (QED) is 0.713. The van der Waals surface area contributed by atoms with Crippen LogP contribution in [0.15, 0.2) is 49.1 Å². The molecule has 1 heterocycles. The van der Waals surface area contributed by atoms with E-state index in [4.69, 9.17) is 9.84 Å². The van der Waals surface area contributed by atoms with Gasteiger partial charge in [-0.3, -0.25) is 0 Å². The molecule has 0 saturated carbocycles. The van der Waals surface area contributed by atoms with E-state index in [9.17, 15) is 4.79 Å². The zero-order valence-electron chi connectivity index (χ0n) is 13.7. The molecule has 24 heavy (non-hydrogen) atoms. The molecule has 1 N–H and O–H groups in total. The zero-order valence-corrected chi connectivity index (χ0v) is 13.7. The molecule has 1 aromatic carbocycles. The lowest BCUT2D eigenvalue weighted by atomic mass is 10.2. The molecule has 0 saturated heterocycles. The summed E-state index contributed by atoms with van der Waals surface area (Å²) in [5, 5.41) is 8.80. The molecule has 0 spiro atoms. The van der Waals surface area contributed by atoms with Crippen molar-refractivity contribution in [3.8, 4) is 5.88 Å². The standard InChI is InChI=1S/C18H21N3O3/c1-3-8-14-12-16(24-13-17(22)23)20-18(19-14)21(11-4-2)15-9-6-5-7-10-15/h4-7,9-10,12H,2-3,8,11,13H2,1H3,(H,22,23). The predicted octanol–water partition coefficient (Wildman–Crippen LogP) is 3.22. The molecule has 0 radical (unpaired) electrons. The third kappa shape index (κ3) is 4.81. The molecule has 6 nitrogen and oxygen atoms in total. The van der Waals surface area contributed by atoms with Crippen molar-refractivity contribution in [3.63, 3.8) is 0 Å². The topological polar surface area (TPSA) is 75.6 Å². The lowest BCUT2D eigenvalue weighted by Crippen LogP contribution is -2.21. The molecule has 6 heteroatoms. The molecular formula is C18H21N3O3. The van der Waals surface area contributed by atoms with Gasteiger partial charge < -0.3 is 14.7 Å². The number of aryl methyl sites for hydroxylation is 1. The number of ether oxygens (including phenoxy) is 1. The van der Waals surface area contributed by atoms with E-state index in [-0.39, 0.29) is 5.88 Å². The molecule has 0 amide bonds. The van der Waals surface area contributed by atoms with E-state index in [0.717, 1.165) is 24.2 Å². The number of anilines is 2. The molecule has 2 rings (SSSR count). The third-order valence-electron chi connectivity index (χ3n) is 3.21. The highest BCUT2D eigenvalue weighted by molar-refractivity contribution is 5.68. The van der Waals surface area contributed by atoms with Gasteiger partial charge in [0.1, 0.15) is 0 Å². The van der Waals surface area contributed by atoms with Crippen LogP contribution in [-0.4, -0.2) is 34.2 Å². The summed E-state index contributed by atoms with van der Waals surface area (Å²) in [4.78, 5) is 21.6. The van der Waals surface area contributed by atoms with Crippen LogP contribution in [0.4, 0.5) is 11.6 Å². The predicted molar refractivity (Wildman–Crippen MR) is 92.8 cm³/mol. The second-order valence-electron chi connectivity index (χ2n) is 5.16. The van der Waals surface area contributed by atoms with Crippen LogP contribution in [0, 0.1) is 0 Å². The Balaban J connectivity index is 2.40. The molecule has 1 aromatic heterocycles. The number of carboxylic acid groups (broad SMARTS) is 1. The van der Waals surface area contributed by atoms with Crippen molar-refractivity contribution < 1.29 is 14.6 Å². The monoisotopic (exact) mass is 327 g/mol. The van der Waals surface area contributed by atoms with Crippen LogP contribution in [0.2, 0.25) is 0 Å². The van der Waals surface area contributed by atoms with Gasteiger partial charge in [-0.05, 0) is 18.6 Å². The SMILES string of the molecule is C=CCN(c1ccccc1)c1nc(CCC)cc(OCC(=O)O)n1. The van der Waals surface area contributed by atoms with Crippen molar-refractivity contribution in [2.24, 2.45) is 0 Å². The highest BCUT2D eigenvalue weighted by atomic mass is 16.5. The van der Waals surface area contributed by atoms with E-state index >= 15 is 0 Å². The van der Waals surface area contributed by atoms with Gasteiger partial charge in [-0.2, -0.15) is 4.98 Å². The lowest BCUT2D eigenvalue weighted by molar-refractivity contribution is -0.139. The summed E-state index contributed by atoms with van der Waals surface area (Å²) in [6, 6.07) is 11.4. The van der Waals surface area contributed by atoms with Gasteiger partial charge in [0, 0.05) is 24.0 Å². The molecule has 0 aliphatic carbocycles. The van der Waals surface area contributed by atoms with Crippen LogP contribution in [0.3, 0.4) is 0 Å².